The van der Waals surface area contributed by atoms with Gasteiger partial charge in [-0.2, -0.15) is 4.39 Å². The molecule has 0 heterocycles. The van der Waals surface area contributed by atoms with Gasteiger partial charge in [0.1, 0.15) is 5.76 Å². The first kappa shape index (κ1) is 10.5. The summed E-state index contributed by atoms with van der Waals surface area (Å²) in [4.78, 5) is 0. The van der Waals surface area contributed by atoms with E-state index in [1.165, 1.54) is 7.11 Å². The van der Waals surface area contributed by atoms with Crippen LogP contribution in [0.25, 0.3) is 0 Å². The molecule has 0 bridgehead atoms. The minimum absolute atomic E-state index is 0.0946. The average Bonchev–Trinajstić information content (AvgIpc) is 2.02. The third-order valence-corrected chi connectivity index (χ3v) is 1.73. The summed E-state index contributed by atoms with van der Waals surface area (Å²) in [5, 5.41) is 9.04. The highest BCUT2D eigenvalue weighted by Crippen LogP contribution is 2.16. The van der Waals surface area contributed by atoms with E-state index in [-0.39, 0.29) is 5.76 Å². The van der Waals surface area contributed by atoms with Gasteiger partial charge in [0.2, 0.25) is 0 Å². The highest BCUT2D eigenvalue weighted by Gasteiger charge is 1.98. The van der Waals surface area contributed by atoms with Gasteiger partial charge >= 0.3 is 0 Å². The maximum Gasteiger partial charge on any atom is 0.273 e. The summed E-state index contributed by atoms with van der Waals surface area (Å²) >= 11 is 2.98. The summed E-state index contributed by atoms with van der Waals surface area (Å²) in [5.41, 5.74) is 0. The van der Waals surface area contributed by atoms with Gasteiger partial charge in [-0.3, -0.25) is 0 Å². The molecule has 1 N–H and O–H groups in total. The first-order chi connectivity index (χ1) is 5.11. The van der Waals surface area contributed by atoms with E-state index in [0.29, 0.717) is 10.9 Å². The van der Waals surface area contributed by atoms with Gasteiger partial charge in [0, 0.05) is 12.5 Å². The van der Waals surface area contributed by atoms with Gasteiger partial charge in [-0.05, 0) is 15.9 Å². The number of methoxy groups -OCH3 is 1. The monoisotopic (exact) mass is 224 g/mol. The van der Waals surface area contributed by atoms with E-state index < -0.39 is 6.01 Å². The first-order valence-corrected chi connectivity index (χ1v) is 3.89. The molecule has 0 radical (unpaired) electrons. The molecule has 0 amide bonds. The topological polar surface area (TPSA) is 29.5 Å². The molecule has 0 aliphatic heterocycles. The third kappa shape index (κ3) is 4.03. The predicted octanol–water partition coefficient (Wildman–Crippen LogP) is 3.02. The van der Waals surface area contributed by atoms with Gasteiger partial charge in [-0.1, -0.05) is 6.92 Å². The van der Waals surface area contributed by atoms with E-state index in [9.17, 15) is 4.39 Å². The van der Waals surface area contributed by atoms with Gasteiger partial charge in [0.25, 0.3) is 6.01 Å². The van der Waals surface area contributed by atoms with E-state index in [0.717, 1.165) is 6.08 Å². The summed E-state index contributed by atoms with van der Waals surface area (Å²) in [6, 6.07) is -0.739. The fourth-order valence-corrected chi connectivity index (χ4v) is 0.871. The summed E-state index contributed by atoms with van der Waals surface area (Å²) in [7, 11) is 1.22. The quantitative estimate of drug-likeness (QED) is 0.590. The van der Waals surface area contributed by atoms with Crippen molar-refractivity contribution in [2.45, 2.75) is 13.3 Å². The Balaban J connectivity index is 4.37. The zero-order chi connectivity index (χ0) is 8.85. The number of halogens is 2. The van der Waals surface area contributed by atoms with Crippen molar-refractivity contribution in [3.05, 3.63) is 22.3 Å². The molecule has 0 aromatic rings. The molecule has 64 valence electrons. The number of ether oxygens (including phenoxy) is 1. The van der Waals surface area contributed by atoms with E-state index in [1.54, 1.807) is 6.92 Å². The molecule has 0 aromatic heterocycles. The maximum absolute atomic E-state index is 12.3. The minimum Gasteiger partial charge on any atom is -0.511 e. The van der Waals surface area contributed by atoms with Crippen molar-refractivity contribution in [3.63, 3.8) is 0 Å². The van der Waals surface area contributed by atoms with E-state index in [2.05, 4.69) is 20.7 Å². The molecule has 0 fully saturated rings. The number of rotatable bonds is 3. The molecule has 4 heteroatoms. The van der Waals surface area contributed by atoms with Crippen molar-refractivity contribution in [3.8, 4) is 0 Å². The molecule has 0 saturated heterocycles. The lowest BCUT2D eigenvalue weighted by atomic mass is 10.3. The zero-order valence-electron chi connectivity index (χ0n) is 6.40. The smallest absolute Gasteiger partial charge is 0.273 e. The minimum atomic E-state index is -0.739. The van der Waals surface area contributed by atoms with Crippen molar-refractivity contribution in [2.75, 3.05) is 7.11 Å². The third-order valence-electron chi connectivity index (χ3n) is 1.05. The molecule has 2 nitrogen and oxygen atoms in total. The van der Waals surface area contributed by atoms with Gasteiger partial charge in [-0.25, -0.2) is 0 Å². The molecule has 0 saturated carbocycles. The first-order valence-electron chi connectivity index (χ1n) is 3.10. The van der Waals surface area contributed by atoms with Crippen molar-refractivity contribution < 1.29 is 14.2 Å². The van der Waals surface area contributed by atoms with Crippen LogP contribution in [0.3, 0.4) is 0 Å². The second kappa shape index (κ2) is 5.18. The molecular weight excluding hydrogens is 215 g/mol. The highest BCUT2D eigenvalue weighted by molar-refractivity contribution is 9.11. The summed E-state index contributed by atoms with van der Waals surface area (Å²) < 4.78 is 16.9. The Bertz CT molecular complexity index is 187. The fourth-order valence-electron chi connectivity index (χ4n) is 0.411. The number of aliphatic hydroxyl groups is 1. The zero-order valence-corrected chi connectivity index (χ0v) is 7.98. The Morgan fingerprint density at radius 1 is 1.73 bits per heavy atom. The average molecular weight is 225 g/mol. The Morgan fingerprint density at radius 3 is 2.64 bits per heavy atom. The van der Waals surface area contributed by atoms with Crippen molar-refractivity contribution in [1.29, 1.82) is 0 Å². The molecule has 0 aliphatic carbocycles. The van der Waals surface area contributed by atoms with E-state index in [1.807, 2.05) is 0 Å². The van der Waals surface area contributed by atoms with Crippen LogP contribution in [0.5, 0.6) is 0 Å². The Kier molecular flexibility index (Phi) is 4.94. The van der Waals surface area contributed by atoms with E-state index in [4.69, 9.17) is 5.11 Å². The number of allylic oxidation sites excluding steroid dienone is 3. The molecule has 0 rings (SSSR count). The van der Waals surface area contributed by atoms with Crippen LogP contribution in [0.1, 0.15) is 13.3 Å². The van der Waals surface area contributed by atoms with Gasteiger partial charge in [0.15, 0.2) is 0 Å². The van der Waals surface area contributed by atoms with Crippen LogP contribution in [0, 0.1) is 0 Å². The van der Waals surface area contributed by atoms with Crippen molar-refractivity contribution in [1.82, 2.24) is 0 Å². The molecule has 11 heavy (non-hydrogen) atoms. The van der Waals surface area contributed by atoms with Crippen LogP contribution in [-0.4, -0.2) is 12.2 Å². The summed E-state index contributed by atoms with van der Waals surface area (Å²) in [6.45, 7) is 1.76. The lowest BCUT2D eigenvalue weighted by Crippen LogP contribution is -1.82. The molecule has 0 spiro atoms. The Morgan fingerprint density at radius 2 is 2.27 bits per heavy atom. The second-order valence-electron chi connectivity index (χ2n) is 1.80. The Hall–Kier alpha value is -0.510. The van der Waals surface area contributed by atoms with Gasteiger partial charge in [0.05, 0.1) is 11.6 Å². The SMILES string of the molecule is CC/C(O)=C(Br)\C=C(/F)OC. The summed E-state index contributed by atoms with van der Waals surface area (Å²) in [5.74, 6) is 0.0946. The normalized spacial score (nSPS) is 14.4. The van der Waals surface area contributed by atoms with Crippen LogP contribution >= 0.6 is 15.9 Å². The largest absolute Gasteiger partial charge is 0.511 e. The van der Waals surface area contributed by atoms with E-state index >= 15 is 0 Å². The van der Waals surface area contributed by atoms with Crippen LogP contribution in [-0.2, 0) is 4.74 Å². The van der Waals surface area contributed by atoms with Crippen molar-refractivity contribution >= 4 is 15.9 Å². The highest BCUT2D eigenvalue weighted by atomic mass is 79.9. The molecule has 0 unspecified atom stereocenters. The predicted molar refractivity (Wildman–Crippen MR) is 45.1 cm³/mol. The number of hydrogen-bond acceptors (Lipinski definition) is 2. The number of aliphatic hydroxyl groups excluding tert-OH is 1. The summed E-state index contributed by atoms with van der Waals surface area (Å²) in [6.07, 6.45) is 1.52. The lowest BCUT2D eigenvalue weighted by Gasteiger charge is -1.97. The van der Waals surface area contributed by atoms with Gasteiger partial charge in [-0.15, -0.1) is 0 Å². The molecular formula is C7H10BrFO2. The molecule has 0 aromatic carbocycles. The van der Waals surface area contributed by atoms with Gasteiger partial charge < -0.3 is 9.84 Å². The molecule has 0 atom stereocenters. The standard InChI is InChI=1S/C7H10BrFO2/c1-3-6(10)5(8)4-7(9)11-2/h4,10H,3H2,1-2H3/b6-5-,7-4+. The Labute approximate surface area is 73.5 Å². The maximum atomic E-state index is 12.3. The number of hydrogen-bond donors (Lipinski definition) is 1. The van der Waals surface area contributed by atoms with Crippen LogP contribution in [0.2, 0.25) is 0 Å². The fraction of sp³-hybridized carbons (Fsp3) is 0.429. The van der Waals surface area contributed by atoms with Crippen LogP contribution in [0.15, 0.2) is 22.3 Å². The lowest BCUT2D eigenvalue weighted by molar-refractivity contribution is 0.203. The van der Waals surface area contributed by atoms with Crippen molar-refractivity contribution in [2.24, 2.45) is 0 Å². The molecule has 0 aliphatic rings. The van der Waals surface area contributed by atoms with Crippen LogP contribution in [0.4, 0.5) is 4.39 Å². The van der Waals surface area contributed by atoms with Crippen LogP contribution < -0.4 is 0 Å². The second-order valence-corrected chi connectivity index (χ2v) is 2.66.